The predicted octanol–water partition coefficient (Wildman–Crippen LogP) is 3.16. The van der Waals surface area contributed by atoms with E-state index in [4.69, 9.17) is 17.0 Å². The van der Waals surface area contributed by atoms with Gasteiger partial charge in [-0.1, -0.05) is 29.8 Å². The van der Waals surface area contributed by atoms with E-state index >= 15 is 0 Å². The molecule has 9 nitrogen and oxygen atoms in total. The SMILES string of the molecule is [C-]#[N+]c1c(N)nc(S)c(C#N)c1-c1ccc(O[C@H]2CN(S(=O)(=O)c3ccc(C)cc3)C[C@@H]2O)cc1. The molecule has 1 saturated heterocycles. The molecule has 2 heterocycles. The third-order valence-corrected chi connectivity index (χ3v) is 7.87. The number of benzene rings is 2. The van der Waals surface area contributed by atoms with Crippen LogP contribution in [0.2, 0.25) is 0 Å². The molecule has 0 unspecified atom stereocenters. The van der Waals surface area contributed by atoms with Gasteiger partial charge in [-0.15, -0.1) is 12.6 Å². The Morgan fingerprint density at radius 2 is 1.89 bits per heavy atom. The molecule has 0 saturated carbocycles. The van der Waals surface area contributed by atoms with Crippen LogP contribution in [-0.4, -0.2) is 48.1 Å². The minimum Gasteiger partial charge on any atom is -0.486 e. The van der Waals surface area contributed by atoms with Gasteiger partial charge in [0.15, 0.2) is 0 Å². The van der Waals surface area contributed by atoms with Crippen LogP contribution in [0.25, 0.3) is 16.0 Å². The number of nitrogen functional groups attached to an aromatic ring is 1. The molecule has 178 valence electrons. The van der Waals surface area contributed by atoms with Gasteiger partial charge in [-0.2, -0.15) is 9.57 Å². The summed E-state index contributed by atoms with van der Waals surface area (Å²) in [6.07, 6.45) is -1.78. The molecule has 0 bridgehead atoms. The summed E-state index contributed by atoms with van der Waals surface area (Å²) in [5, 5.41) is 20.1. The fraction of sp³-hybridized carbons (Fsp3) is 0.208. The van der Waals surface area contributed by atoms with Crippen LogP contribution in [0.4, 0.5) is 11.5 Å². The van der Waals surface area contributed by atoms with Crippen molar-refractivity contribution < 1.29 is 18.3 Å². The maximum atomic E-state index is 13.0. The zero-order valence-electron chi connectivity index (χ0n) is 18.6. The first kappa shape index (κ1) is 24.5. The number of anilines is 1. The van der Waals surface area contributed by atoms with E-state index < -0.39 is 22.2 Å². The quantitative estimate of drug-likeness (QED) is 0.357. The van der Waals surface area contributed by atoms with Crippen molar-refractivity contribution in [1.82, 2.24) is 9.29 Å². The van der Waals surface area contributed by atoms with Crippen molar-refractivity contribution >= 4 is 34.2 Å². The number of sulfonamides is 1. The van der Waals surface area contributed by atoms with Gasteiger partial charge in [-0.3, -0.25) is 0 Å². The fourth-order valence-corrected chi connectivity index (χ4v) is 5.59. The van der Waals surface area contributed by atoms with E-state index in [0.29, 0.717) is 16.9 Å². The van der Waals surface area contributed by atoms with Gasteiger partial charge in [0.1, 0.15) is 34.9 Å². The van der Waals surface area contributed by atoms with Crippen LogP contribution >= 0.6 is 12.6 Å². The summed E-state index contributed by atoms with van der Waals surface area (Å²) in [6, 6.07) is 15.1. The average Bonchev–Trinajstić information content (AvgIpc) is 3.20. The number of ether oxygens (including phenoxy) is 1. The molecule has 0 spiro atoms. The van der Waals surface area contributed by atoms with Crippen molar-refractivity contribution in [3.05, 3.63) is 71.1 Å². The van der Waals surface area contributed by atoms with Gasteiger partial charge >= 0.3 is 0 Å². The topological polar surface area (TPSA) is 134 Å². The minimum atomic E-state index is -3.77. The number of thiol groups is 1. The lowest BCUT2D eigenvalue weighted by Gasteiger charge is -2.18. The number of aliphatic hydroxyl groups is 1. The Balaban J connectivity index is 1.55. The van der Waals surface area contributed by atoms with Crippen molar-refractivity contribution in [3.8, 4) is 22.9 Å². The Kier molecular flexibility index (Phi) is 6.70. The highest BCUT2D eigenvalue weighted by Crippen LogP contribution is 2.40. The molecular weight excluding hydrogens is 486 g/mol. The van der Waals surface area contributed by atoms with Crippen molar-refractivity contribution in [2.45, 2.75) is 29.1 Å². The molecule has 3 N–H and O–H groups in total. The normalized spacial score (nSPS) is 18.1. The molecule has 0 radical (unpaired) electrons. The first-order valence-electron chi connectivity index (χ1n) is 10.5. The molecule has 0 amide bonds. The maximum Gasteiger partial charge on any atom is 0.243 e. The Morgan fingerprint density at radius 1 is 1.23 bits per heavy atom. The molecule has 1 fully saturated rings. The van der Waals surface area contributed by atoms with Crippen molar-refractivity contribution in [2.24, 2.45) is 0 Å². The standard InChI is InChI=1S/C24H21N5O4S2/c1-14-3-9-17(10-4-14)35(31,32)29-12-19(30)20(13-29)33-16-7-5-15(6-8-16)21-18(11-25)24(34)28-23(26)22(21)27-2/h3-10,19-20,30H,12-13H2,1H3,(H3,26,28,34)/t19-,20-/m0/s1. The lowest BCUT2D eigenvalue weighted by Crippen LogP contribution is -2.31. The smallest absolute Gasteiger partial charge is 0.243 e. The first-order valence-corrected chi connectivity index (χ1v) is 12.4. The number of hydrogen-bond acceptors (Lipinski definition) is 8. The summed E-state index contributed by atoms with van der Waals surface area (Å²) in [5.41, 5.74) is 7.85. The largest absolute Gasteiger partial charge is 0.486 e. The summed E-state index contributed by atoms with van der Waals surface area (Å²) < 4.78 is 33.0. The second-order valence-electron chi connectivity index (χ2n) is 8.03. The molecule has 2 atom stereocenters. The lowest BCUT2D eigenvalue weighted by molar-refractivity contribution is 0.0737. The zero-order chi connectivity index (χ0) is 25.3. The summed E-state index contributed by atoms with van der Waals surface area (Å²) in [5.74, 6) is 0.367. The number of nitrogens with zero attached hydrogens (tertiary/aromatic N) is 4. The number of nitriles is 1. The van der Waals surface area contributed by atoms with E-state index in [1.807, 2.05) is 13.0 Å². The van der Waals surface area contributed by atoms with Crippen LogP contribution in [-0.2, 0) is 10.0 Å². The number of nitrogens with two attached hydrogens (primary N) is 1. The average molecular weight is 508 g/mol. The second-order valence-corrected chi connectivity index (χ2v) is 10.4. The van der Waals surface area contributed by atoms with Gasteiger partial charge in [0.2, 0.25) is 15.7 Å². The Labute approximate surface area is 208 Å². The van der Waals surface area contributed by atoms with E-state index in [1.54, 1.807) is 48.5 Å². The summed E-state index contributed by atoms with van der Waals surface area (Å²) >= 11 is 4.20. The Morgan fingerprint density at radius 3 is 2.49 bits per heavy atom. The molecule has 4 rings (SSSR count). The van der Waals surface area contributed by atoms with Gasteiger partial charge in [-0.05, 0) is 36.8 Å². The summed E-state index contributed by atoms with van der Waals surface area (Å²) in [6.45, 7) is 9.21. The highest BCUT2D eigenvalue weighted by Gasteiger charge is 2.40. The number of aromatic nitrogens is 1. The van der Waals surface area contributed by atoms with E-state index in [2.05, 4.69) is 22.5 Å². The van der Waals surface area contributed by atoms with Crippen molar-refractivity contribution in [1.29, 1.82) is 5.26 Å². The van der Waals surface area contributed by atoms with Gasteiger partial charge < -0.3 is 15.6 Å². The third kappa shape index (κ3) is 4.67. The zero-order valence-corrected chi connectivity index (χ0v) is 20.3. The first-order chi connectivity index (χ1) is 16.6. The monoisotopic (exact) mass is 507 g/mol. The molecular formula is C24H21N5O4S2. The third-order valence-electron chi connectivity index (χ3n) is 5.70. The predicted molar refractivity (Wildman–Crippen MR) is 133 cm³/mol. The van der Waals surface area contributed by atoms with Crippen molar-refractivity contribution in [2.75, 3.05) is 18.8 Å². The number of β-amino-alcohol motifs (C(OH)–C–C–N with tert-alkyl or cyclic N) is 1. The Bertz CT molecular complexity index is 1420. The lowest BCUT2D eigenvalue weighted by atomic mass is 10.00. The number of hydrogen-bond donors (Lipinski definition) is 3. The molecule has 11 heteroatoms. The number of aliphatic hydroxyl groups excluding tert-OH is 1. The molecule has 1 aliphatic heterocycles. The van der Waals surface area contributed by atoms with Crippen LogP contribution in [0.3, 0.4) is 0 Å². The molecule has 2 aromatic carbocycles. The van der Waals surface area contributed by atoms with E-state index in [0.717, 1.165) is 5.56 Å². The molecule has 0 aliphatic carbocycles. The summed E-state index contributed by atoms with van der Waals surface area (Å²) in [7, 11) is -3.77. The molecule has 1 aromatic heterocycles. The number of aryl methyl sites for hydroxylation is 1. The number of rotatable bonds is 5. The Hall–Kier alpha value is -3.61. The van der Waals surface area contributed by atoms with Crippen molar-refractivity contribution in [3.63, 3.8) is 0 Å². The summed E-state index contributed by atoms with van der Waals surface area (Å²) in [4.78, 5) is 7.53. The van der Waals surface area contributed by atoms with Gasteiger partial charge in [0, 0.05) is 12.1 Å². The van der Waals surface area contributed by atoms with E-state index in [1.165, 1.54) is 4.31 Å². The van der Waals surface area contributed by atoms with Crippen LogP contribution in [0.1, 0.15) is 11.1 Å². The molecule has 35 heavy (non-hydrogen) atoms. The van der Waals surface area contributed by atoms with Crippen LogP contribution in [0.5, 0.6) is 5.75 Å². The van der Waals surface area contributed by atoms with Gasteiger partial charge in [0.25, 0.3) is 0 Å². The highest BCUT2D eigenvalue weighted by molar-refractivity contribution is 7.89. The van der Waals surface area contributed by atoms with E-state index in [-0.39, 0.29) is 40.1 Å². The van der Waals surface area contributed by atoms with Crippen LogP contribution < -0.4 is 10.5 Å². The fourth-order valence-electron chi connectivity index (χ4n) is 3.85. The molecule has 1 aliphatic rings. The molecule has 3 aromatic rings. The number of pyridine rings is 1. The van der Waals surface area contributed by atoms with Gasteiger partial charge in [-0.25, -0.2) is 18.2 Å². The second kappa shape index (κ2) is 9.56. The van der Waals surface area contributed by atoms with Crippen LogP contribution in [0.15, 0.2) is 58.5 Å². The van der Waals surface area contributed by atoms with E-state index in [9.17, 15) is 18.8 Å². The van der Waals surface area contributed by atoms with Crippen LogP contribution in [0, 0.1) is 24.8 Å². The van der Waals surface area contributed by atoms with Gasteiger partial charge in [0.05, 0.1) is 23.6 Å². The highest BCUT2D eigenvalue weighted by atomic mass is 32.2. The maximum absolute atomic E-state index is 13.0. The minimum absolute atomic E-state index is 0.0104.